The van der Waals surface area contributed by atoms with Crippen molar-refractivity contribution in [1.82, 2.24) is 10.1 Å². The number of aliphatic hydroxyl groups is 1. The van der Waals surface area contributed by atoms with E-state index < -0.39 is 6.04 Å². The van der Waals surface area contributed by atoms with Crippen molar-refractivity contribution >= 4 is 11.8 Å². The lowest BCUT2D eigenvalue weighted by molar-refractivity contribution is 0.259. The highest BCUT2D eigenvalue weighted by Gasteiger charge is 2.15. The van der Waals surface area contributed by atoms with E-state index in [0.717, 1.165) is 5.56 Å². The SMILES string of the molecule is CSc1ccc(-c2noc(C(N)CCO)n2)cc1. The number of rotatable bonds is 5. The Morgan fingerprint density at radius 1 is 1.39 bits per heavy atom. The highest BCUT2D eigenvalue weighted by Crippen LogP contribution is 2.22. The second-order valence-electron chi connectivity index (χ2n) is 3.80. The molecule has 2 aromatic rings. The Kier molecular flexibility index (Phi) is 4.35. The number of aliphatic hydroxyl groups excluding tert-OH is 1. The molecule has 0 aliphatic rings. The van der Waals surface area contributed by atoms with Crippen LogP contribution in [-0.4, -0.2) is 28.1 Å². The zero-order chi connectivity index (χ0) is 13.0. The van der Waals surface area contributed by atoms with Gasteiger partial charge in [0.05, 0.1) is 6.04 Å². The van der Waals surface area contributed by atoms with Crippen LogP contribution in [0.3, 0.4) is 0 Å². The summed E-state index contributed by atoms with van der Waals surface area (Å²) in [5.41, 5.74) is 6.67. The standard InChI is InChI=1S/C12H15N3O2S/c1-18-9-4-2-8(3-5-9)11-14-12(17-15-11)10(13)6-7-16/h2-5,10,16H,6-7,13H2,1H3. The van der Waals surface area contributed by atoms with E-state index in [9.17, 15) is 0 Å². The molecule has 0 bridgehead atoms. The Hall–Kier alpha value is -1.37. The Morgan fingerprint density at radius 3 is 2.72 bits per heavy atom. The van der Waals surface area contributed by atoms with Gasteiger partial charge in [-0.1, -0.05) is 5.16 Å². The minimum absolute atomic E-state index is 0.00129. The van der Waals surface area contributed by atoms with Crippen molar-refractivity contribution in [2.24, 2.45) is 5.73 Å². The fourth-order valence-electron chi connectivity index (χ4n) is 1.51. The van der Waals surface area contributed by atoms with Crippen LogP contribution in [0.4, 0.5) is 0 Å². The Labute approximate surface area is 109 Å². The molecule has 1 aromatic carbocycles. The molecular weight excluding hydrogens is 250 g/mol. The maximum Gasteiger partial charge on any atom is 0.243 e. The molecule has 3 N–H and O–H groups in total. The van der Waals surface area contributed by atoms with Gasteiger partial charge in [-0.2, -0.15) is 4.98 Å². The van der Waals surface area contributed by atoms with Crippen LogP contribution in [0.25, 0.3) is 11.4 Å². The van der Waals surface area contributed by atoms with E-state index in [0.29, 0.717) is 18.1 Å². The van der Waals surface area contributed by atoms with Crippen molar-refractivity contribution in [3.8, 4) is 11.4 Å². The quantitative estimate of drug-likeness (QED) is 0.802. The second-order valence-corrected chi connectivity index (χ2v) is 4.68. The van der Waals surface area contributed by atoms with Crippen molar-refractivity contribution in [1.29, 1.82) is 0 Å². The second kappa shape index (κ2) is 5.99. The monoisotopic (exact) mass is 265 g/mol. The first-order valence-electron chi connectivity index (χ1n) is 5.59. The minimum Gasteiger partial charge on any atom is -0.396 e. The summed E-state index contributed by atoms with van der Waals surface area (Å²) in [5.74, 6) is 0.874. The molecule has 0 radical (unpaired) electrons. The van der Waals surface area contributed by atoms with Crippen molar-refractivity contribution < 1.29 is 9.63 Å². The molecule has 18 heavy (non-hydrogen) atoms. The summed E-state index contributed by atoms with van der Waals surface area (Å²) in [6.45, 7) is 0.00129. The normalized spacial score (nSPS) is 12.6. The van der Waals surface area contributed by atoms with Crippen molar-refractivity contribution in [3.63, 3.8) is 0 Å². The van der Waals surface area contributed by atoms with E-state index >= 15 is 0 Å². The lowest BCUT2D eigenvalue weighted by Gasteiger charge is -2.01. The lowest BCUT2D eigenvalue weighted by atomic mass is 10.2. The number of thioether (sulfide) groups is 1. The minimum atomic E-state index is -0.415. The van der Waals surface area contributed by atoms with Gasteiger partial charge < -0.3 is 15.4 Å². The molecule has 0 saturated heterocycles. The van der Waals surface area contributed by atoms with Crippen LogP contribution in [0.1, 0.15) is 18.4 Å². The van der Waals surface area contributed by atoms with E-state index in [4.69, 9.17) is 15.4 Å². The molecule has 2 rings (SSSR count). The van der Waals surface area contributed by atoms with Crippen molar-refractivity contribution in [2.45, 2.75) is 17.4 Å². The molecule has 0 saturated carbocycles. The summed E-state index contributed by atoms with van der Waals surface area (Å²) < 4.78 is 5.09. The van der Waals surface area contributed by atoms with Gasteiger partial charge in [0.2, 0.25) is 11.7 Å². The molecule has 0 spiro atoms. The summed E-state index contributed by atoms with van der Waals surface area (Å²) in [7, 11) is 0. The average Bonchev–Trinajstić information content (AvgIpc) is 2.89. The third-order valence-corrected chi connectivity index (χ3v) is 3.29. The van der Waals surface area contributed by atoms with Crippen LogP contribution in [0.2, 0.25) is 0 Å². The predicted octanol–water partition coefficient (Wildman–Crippen LogP) is 1.84. The first-order valence-corrected chi connectivity index (χ1v) is 6.81. The largest absolute Gasteiger partial charge is 0.396 e. The predicted molar refractivity (Wildman–Crippen MR) is 70.1 cm³/mol. The van der Waals surface area contributed by atoms with Crippen LogP contribution in [-0.2, 0) is 0 Å². The molecule has 0 aliphatic carbocycles. The molecule has 0 fully saturated rings. The summed E-state index contributed by atoms with van der Waals surface area (Å²) in [5, 5.41) is 12.7. The van der Waals surface area contributed by atoms with E-state index in [-0.39, 0.29) is 6.61 Å². The summed E-state index contributed by atoms with van der Waals surface area (Å²) in [6, 6.07) is 7.48. The Balaban J connectivity index is 2.18. The number of benzene rings is 1. The Bertz CT molecular complexity index is 498. The van der Waals surface area contributed by atoms with Crippen LogP contribution in [0.5, 0.6) is 0 Å². The maximum atomic E-state index is 8.81. The highest BCUT2D eigenvalue weighted by molar-refractivity contribution is 7.98. The van der Waals surface area contributed by atoms with Crippen molar-refractivity contribution in [3.05, 3.63) is 30.2 Å². The maximum absolute atomic E-state index is 8.81. The van der Waals surface area contributed by atoms with Gasteiger partial charge in [-0.25, -0.2) is 0 Å². The number of nitrogens with zero attached hydrogens (tertiary/aromatic N) is 2. The number of hydrogen-bond acceptors (Lipinski definition) is 6. The van der Waals surface area contributed by atoms with E-state index in [2.05, 4.69) is 10.1 Å². The molecule has 0 aliphatic heterocycles. The fraction of sp³-hybridized carbons (Fsp3) is 0.333. The molecule has 0 amide bonds. The summed E-state index contributed by atoms with van der Waals surface area (Å²) in [6.07, 6.45) is 2.43. The smallest absolute Gasteiger partial charge is 0.243 e. The first-order chi connectivity index (χ1) is 8.74. The molecular formula is C12H15N3O2S. The van der Waals surface area contributed by atoms with E-state index in [1.54, 1.807) is 11.8 Å². The average molecular weight is 265 g/mol. The number of nitrogens with two attached hydrogens (primary N) is 1. The van der Waals surface area contributed by atoms with Crippen LogP contribution < -0.4 is 5.73 Å². The topological polar surface area (TPSA) is 85.2 Å². The first kappa shape index (κ1) is 13.1. The lowest BCUT2D eigenvalue weighted by Crippen LogP contribution is -2.12. The Morgan fingerprint density at radius 2 is 2.11 bits per heavy atom. The van der Waals surface area contributed by atoms with Crippen LogP contribution in [0.15, 0.2) is 33.7 Å². The molecule has 6 heteroatoms. The van der Waals surface area contributed by atoms with Gasteiger partial charge in [-0.05, 0) is 36.9 Å². The third kappa shape index (κ3) is 2.90. The van der Waals surface area contributed by atoms with Gasteiger partial charge in [0.1, 0.15) is 0 Å². The summed E-state index contributed by atoms with van der Waals surface area (Å²) in [4.78, 5) is 5.41. The van der Waals surface area contributed by atoms with Gasteiger partial charge in [-0.15, -0.1) is 11.8 Å². The van der Waals surface area contributed by atoms with Gasteiger partial charge >= 0.3 is 0 Å². The van der Waals surface area contributed by atoms with Crippen molar-refractivity contribution in [2.75, 3.05) is 12.9 Å². The molecule has 1 unspecified atom stereocenters. The zero-order valence-corrected chi connectivity index (χ0v) is 10.9. The van der Waals surface area contributed by atoms with Gasteiger partial charge in [0.15, 0.2) is 0 Å². The molecule has 1 aromatic heterocycles. The molecule has 1 atom stereocenters. The third-order valence-electron chi connectivity index (χ3n) is 2.55. The van der Waals surface area contributed by atoms with E-state index in [1.807, 2.05) is 30.5 Å². The highest BCUT2D eigenvalue weighted by atomic mass is 32.2. The fourth-order valence-corrected chi connectivity index (χ4v) is 1.91. The molecule has 1 heterocycles. The van der Waals surface area contributed by atoms with Crippen LogP contribution >= 0.6 is 11.8 Å². The van der Waals surface area contributed by atoms with Gasteiger partial charge in [0, 0.05) is 17.1 Å². The van der Waals surface area contributed by atoms with Gasteiger partial charge in [-0.3, -0.25) is 0 Å². The summed E-state index contributed by atoms with van der Waals surface area (Å²) >= 11 is 1.68. The zero-order valence-electron chi connectivity index (χ0n) is 10.0. The van der Waals surface area contributed by atoms with Gasteiger partial charge in [0.25, 0.3) is 0 Å². The van der Waals surface area contributed by atoms with Crippen LogP contribution in [0, 0.1) is 0 Å². The molecule has 96 valence electrons. The van der Waals surface area contributed by atoms with E-state index in [1.165, 1.54) is 4.90 Å². The number of hydrogen-bond donors (Lipinski definition) is 2. The number of aromatic nitrogens is 2. The molecule has 5 nitrogen and oxygen atoms in total.